The van der Waals surface area contributed by atoms with Crippen molar-refractivity contribution in [1.29, 1.82) is 0 Å². The topological polar surface area (TPSA) is 42.1 Å². The van der Waals surface area contributed by atoms with Gasteiger partial charge in [-0.05, 0) is 12.1 Å². The fraction of sp³-hybridized carbons (Fsp3) is 0.308. The zero-order valence-electron chi connectivity index (χ0n) is 10.3. The summed E-state index contributed by atoms with van der Waals surface area (Å²) in [6.07, 6.45) is -3.01. The highest BCUT2D eigenvalue weighted by atomic mass is 35.5. The summed E-state index contributed by atoms with van der Waals surface area (Å²) in [5.41, 5.74) is 1.07. The van der Waals surface area contributed by atoms with E-state index in [1.807, 2.05) is 0 Å². The Bertz CT molecular complexity index is 622. The SMILES string of the molecule is O=C(CCOCC(F)(F)F)c1c[nH]c2cccc(Cl)c12. The molecule has 0 saturated carbocycles. The van der Waals surface area contributed by atoms with Crippen LogP contribution in [0.15, 0.2) is 24.4 Å². The number of Topliss-reactive ketones (excluding diaryl/α,β-unsaturated/α-hetero) is 1. The van der Waals surface area contributed by atoms with Crippen LogP contribution in [-0.2, 0) is 4.74 Å². The van der Waals surface area contributed by atoms with Gasteiger partial charge in [-0.15, -0.1) is 0 Å². The van der Waals surface area contributed by atoms with Crippen molar-refractivity contribution in [2.45, 2.75) is 12.6 Å². The van der Waals surface area contributed by atoms with Crippen LogP contribution in [0, 0.1) is 0 Å². The lowest BCUT2D eigenvalue weighted by Gasteiger charge is -2.06. The van der Waals surface area contributed by atoms with Crippen LogP contribution in [0.4, 0.5) is 13.2 Å². The number of carbonyl (C=O) groups is 1. The van der Waals surface area contributed by atoms with Gasteiger partial charge in [-0.1, -0.05) is 17.7 Å². The van der Waals surface area contributed by atoms with Gasteiger partial charge in [0.05, 0.1) is 11.6 Å². The van der Waals surface area contributed by atoms with Gasteiger partial charge in [-0.25, -0.2) is 0 Å². The number of halogens is 4. The maximum absolute atomic E-state index is 12.0. The van der Waals surface area contributed by atoms with Gasteiger partial charge >= 0.3 is 6.18 Å². The van der Waals surface area contributed by atoms with E-state index in [0.29, 0.717) is 21.5 Å². The summed E-state index contributed by atoms with van der Waals surface area (Å²) in [6, 6.07) is 5.15. The van der Waals surface area contributed by atoms with Crippen LogP contribution in [0.1, 0.15) is 16.8 Å². The number of ether oxygens (including phenoxy) is 1. The Morgan fingerprint density at radius 3 is 2.80 bits per heavy atom. The van der Waals surface area contributed by atoms with Gasteiger partial charge in [0.25, 0.3) is 0 Å². The van der Waals surface area contributed by atoms with Gasteiger partial charge < -0.3 is 9.72 Å². The average molecular weight is 306 g/mol. The number of hydrogen-bond acceptors (Lipinski definition) is 2. The lowest BCUT2D eigenvalue weighted by molar-refractivity contribution is -0.173. The Labute approximate surface area is 117 Å². The molecule has 0 aliphatic heterocycles. The molecule has 0 spiro atoms. The zero-order chi connectivity index (χ0) is 14.8. The number of hydrogen-bond donors (Lipinski definition) is 1. The fourth-order valence-corrected chi connectivity index (χ4v) is 2.12. The van der Waals surface area contributed by atoms with E-state index in [-0.39, 0.29) is 18.8 Å². The van der Waals surface area contributed by atoms with Crippen molar-refractivity contribution in [3.63, 3.8) is 0 Å². The van der Waals surface area contributed by atoms with Gasteiger partial charge in [-0.2, -0.15) is 13.2 Å². The maximum atomic E-state index is 12.0. The highest BCUT2D eigenvalue weighted by Crippen LogP contribution is 2.27. The van der Waals surface area contributed by atoms with Crippen molar-refractivity contribution in [2.24, 2.45) is 0 Å². The molecule has 2 rings (SSSR count). The molecule has 108 valence electrons. The normalized spacial score (nSPS) is 12.0. The summed E-state index contributed by atoms with van der Waals surface area (Å²) in [7, 11) is 0. The first-order valence-electron chi connectivity index (χ1n) is 5.82. The molecule has 20 heavy (non-hydrogen) atoms. The van der Waals surface area contributed by atoms with Gasteiger partial charge in [0.15, 0.2) is 5.78 Å². The summed E-state index contributed by atoms with van der Waals surface area (Å²) in [5.74, 6) is -0.313. The van der Waals surface area contributed by atoms with E-state index in [4.69, 9.17) is 11.6 Å². The van der Waals surface area contributed by atoms with Crippen LogP contribution in [0.25, 0.3) is 10.9 Å². The Balaban J connectivity index is 2.02. The first-order valence-corrected chi connectivity index (χ1v) is 6.19. The number of aromatic nitrogens is 1. The molecule has 0 saturated heterocycles. The molecule has 0 fully saturated rings. The highest BCUT2D eigenvalue weighted by Gasteiger charge is 2.27. The Morgan fingerprint density at radius 2 is 2.10 bits per heavy atom. The van der Waals surface area contributed by atoms with E-state index in [0.717, 1.165) is 0 Å². The molecule has 1 aromatic heterocycles. The number of alkyl halides is 3. The molecule has 3 nitrogen and oxygen atoms in total. The second-order valence-corrected chi connectivity index (χ2v) is 4.61. The minimum Gasteiger partial charge on any atom is -0.372 e. The van der Waals surface area contributed by atoms with E-state index in [2.05, 4.69) is 9.72 Å². The molecule has 0 amide bonds. The van der Waals surface area contributed by atoms with Crippen molar-refractivity contribution >= 4 is 28.3 Å². The number of ketones is 1. The second kappa shape index (κ2) is 5.85. The van der Waals surface area contributed by atoms with Crippen molar-refractivity contribution in [3.8, 4) is 0 Å². The smallest absolute Gasteiger partial charge is 0.372 e. The van der Waals surface area contributed by atoms with Crippen molar-refractivity contribution < 1.29 is 22.7 Å². The van der Waals surface area contributed by atoms with E-state index >= 15 is 0 Å². The van der Waals surface area contributed by atoms with Crippen LogP contribution >= 0.6 is 11.6 Å². The Morgan fingerprint density at radius 1 is 1.35 bits per heavy atom. The van der Waals surface area contributed by atoms with E-state index in [9.17, 15) is 18.0 Å². The summed E-state index contributed by atoms with van der Waals surface area (Å²) in [5, 5.41) is 0.998. The van der Waals surface area contributed by atoms with Crippen LogP contribution < -0.4 is 0 Å². The van der Waals surface area contributed by atoms with Crippen LogP contribution in [0.2, 0.25) is 5.02 Å². The summed E-state index contributed by atoms with van der Waals surface area (Å²) < 4.78 is 40.1. The predicted octanol–water partition coefficient (Wildman–Crippen LogP) is 3.97. The van der Waals surface area contributed by atoms with Gasteiger partial charge in [0, 0.05) is 29.1 Å². The molecule has 0 aliphatic rings. The van der Waals surface area contributed by atoms with Crippen molar-refractivity contribution in [3.05, 3.63) is 35.0 Å². The Hall–Kier alpha value is -1.53. The molecule has 7 heteroatoms. The minimum atomic E-state index is -4.38. The maximum Gasteiger partial charge on any atom is 0.411 e. The number of aromatic amines is 1. The van der Waals surface area contributed by atoms with Gasteiger partial charge in [0.2, 0.25) is 0 Å². The number of carbonyl (C=O) groups excluding carboxylic acids is 1. The molecular formula is C13H11ClF3NO2. The average Bonchev–Trinajstić information content (AvgIpc) is 2.78. The fourth-order valence-electron chi connectivity index (χ4n) is 1.85. The minimum absolute atomic E-state index is 0.131. The first kappa shape index (κ1) is 14.9. The number of benzene rings is 1. The van der Waals surface area contributed by atoms with E-state index < -0.39 is 12.8 Å². The third-order valence-corrected chi connectivity index (χ3v) is 3.01. The summed E-state index contributed by atoms with van der Waals surface area (Å²) in [6.45, 7) is -1.63. The number of H-pyrrole nitrogens is 1. The summed E-state index contributed by atoms with van der Waals surface area (Å²) in [4.78, 5) is 14.9. The van der Waals surface area contributed by atoms with Gasteiger partial charge in [-0.3, -0.25) is 4.79 Å². The van der Waals surface area contributed by atoms with Crippen LogP contribution in [-0.4, -0.2) is 30.2 Å². The molecule has 1 N–H and O–H groups in total. The first-order chi connectivity index (χ1) is 9.38. The molecule has 2 aromatic rings. The molecule has 0 radical (unpaired) electrons. The molecule has 0 aliphatic carbocycles. The highest BCUT2D eigenvalue weighted by molar-refractivity contribution is 6.36. The van der Waals surface area contributed by atoms with Crippen LogP contribution in [0.5, 0.6) is 0 Å². The molecule has 0 unspecified atom stereocenters. The zero-order valence-corrected chi connectivity index (χ0v) is 11.0. The number of rotatable bonds is 5. The van der Waals surface area contributed by atoms with Crippen molar-refractivity contribution in [1.82, 2.24) is 4.98 Å². The summed E-state index contributed by atoms with van der Waals surface area (Å²) >= 11 is 6.02. The Kier molecular flexibility index (Phi) is 4.35. The number of nitrogens with one attached hydrogen (secondary N) is 1. The molecule has 1 aromatic carbocycles. The van der Waals surface area contributed by atoms with Crippen LogP contribution in [0.3, 0.4) is 0 Å². The predicted molar refractivity (Wildman–Crippen MR) is 69.1 cm³/mol. The lowest BCUT2D eigenvalue weighted by atomic mass is 10.1. The lowest BCUT2D eigenvalue weighted by Crippen LogP contribution is -2.18. The molecule has 0 atom stereocenters. The third kappa shape index (κ3) is 3.52. The largest absolute Gasteiger partial charge is 0.411 e. The van der Waals surface area contributed by atoms with Gasteiger partial charge in [0.1, 0.15) is 6.61 Å². The quantitative estimate of drug-likeness (QED) is 0.671. The second-order valence-electron chi connectivity index (χ2n) is 4.21. The molecule has 1 heterocycles. The standard InChI is InChI=1S/C13H11ClF3NO2/c14-9-2-1-3-10-12(9)8(6-18-10)11(19)4-5-20-7-13(15,16)17/h1-3,6,18H,4-5,7H2. The number of fused-ring (bicyclic) bond motifs is 1. The molecule has 0 bridgehead atoms. The molecular weight excluding hydrogens is 295 g/mol. The van der Waals surface area contributed by atoms with Crippen molar-refractivity contribution in [2.75, 3.05) is 13.2 Å². The third-order valence-electron chi connectivity index (χ3n) is 2.69. The monoisotopic (exact) mass is 305 g/mol. The van der Waals surface area contributed by atoms with E-state index in [1.165, 1.54) is 6.20 Å². The van der Waals surface area contributed by atoms with E-state index in [1.54, 1.807) is 18.2 Å².